The molecule has 0 spiro atoms. The first kappa shape index (κ1) is 20.1. The Labute approximate surface area is 171 Å². The molecule has 4 heteroatoms. The molecule has 0 fully saturated rings. The van der Waals surface area contributed by atoms with Crippen molar-refractivity contribution in [3.8, 4) is 5.75 Å². The molecule has 28 heavy (non-hydrogen) atoms. The number of nitrogens with zero attached hydrogens (tertiary/aromatic N) is 1. The fraction of sp³-hybridized carbons (Fsp3) is 0.250. The first-order valence-corrected chi connectivity index (χ1v) is 9.78. The Kier molecular flexibility index (Phi) is 6.48. The van der Waals surface area contributed by atoms with Crippen LogP contribution < -0.4 is 4.74 Å². The maximum absolute atomic E-state index is 13.4. The zero-order chi connectivity index (χ0) is 20.1. The van der Waals surface area contributed by atoms with E-state index in [1.807, 2.05) is 75.4 Å². The Morgan fingerprint density at radius 1 is 1.07 bits per heavy atom. The van der Waals surface area contributed by atoms with Gasteiger partial charge in [-0.3, -0.25) is 9.78 Å². The van der Waals surface area contributed by atoms with Crippen LogP contribution in [0.4, 0.5) is 0 Å². The van der Waals surface area contributed by atoms with Crippen molar-refractivity contribution in [1.29, 1.82) is 0 Å². The van der Waals surface area contributed by atoms with Gasteiger partial charge in [-0.2, -0.15) is 0 Å². The first-order valence-electron chi connectivity index (χ1n) is 9.41. The van der Waals surface area contributed by atoms with Crippen LogP contribution in [0.25, 0.3) is 0 Å². The fourth-order valence-electron chi connectivity index (χ4n) is 3.44. The lowest BCUT2D eigenvalue weighted by Gasteiger charge is -2.20. The number of hydrogen-bond donors (Lipinski definition) is 0. The van der Waals surface area contributed by atoms with Crippen LogP contribution in [0, 0.1) is 13.8 Å². The predicted octanol–water partition coefficient (Wildman–Crippen LogP) is 5.69. The lowest BCUT2D eigenvalue weighted by atomic mass is 9.83. The number of aryl methyl sites for hydroxylation is 2. The Morgan fingerprint density at radius 3 is 2.46 bits per heavy atom. The highest BCUT2D eigenvalue weighted by atomic mass is 35.5. The van der Waals surface area contributed by atoms with Crippen molar-refractivity contribution >= 4 is 17.4 Å². The van der Waals surface area contributed by atoms with Gasteiger partial charge in [0.15, 0.2) is 0 Å². The summed E-state index contributed by atoms with van der Waals surface area (Å²) in [7, 11) is 0. The zero-order valence-electron chi connectivity index (χ0n) is 16.4. The summed E-state index contributed by atoms with van der Waals surface area (Å²) in [4.78, 5) is 17.6. The van der Waals surface area contributed by atoms with Gasteiger partial charge in [-0.05, 0) is 79.4 Å². The number of benzene rings is 2. The van der Waals surface area contributed by atoms with Gasteiger partial charge in [0.25, 0.3) is 0 Å². The summed E-state index contributed by atoms with van der Waals surface area (Å²) < 4.78 is 5.55. The molecule has 0 amide bonds. The first-order chi connectivity index (χ1) is 13.5. The molecule has 0 N–H and O–H groups in total. The second kappa shape index (κ2) is 9.03. The zero-order valence-corrected chi connectivity index (χ0v) is 17.2. The molecule has 0 saturated heterocycles. The smallest absolute Gasteiger partial charge is 0.149 e. The van der Waals surface area contributed by atoms with Gasteiger partial charge in [0.2, 0.25) is 0 Å². The Balaban J connectivity index is 1.99. The van der Waals surface area contributed by atoms with Crippen LogP contribution in [0.3, 0.4) is 0 Å². The van der Waals surface area contributed by atoms with Crippen molar-refractivity contribution in [1.82, 2.24) is 4.98 Å². The van der Waals surface area contributed by atoms with E-state index < -0.39 is 0 Å². The van der Waals surface area contributed by atoms with Crippen LogP contribution in [0.1, 0.15) is 40.8 Å². The van der Waals surface area contributed by atoms with Gasteiger partial charge >= 0.3 is 0 Å². The maximum atomic E-state index is 13.4. The molecule has 144 valence electrons. The number of rotatable bonds is 7. The lowest BCUT2D eigenvalue weighted by Crippen LogP contribution is -2.17. The van der Waals surface area contributed by atoms with Crippen molar-refractivity contribution in [2.75, 3.05) is 6.61 Å². The number of carbonyl (C=O) groups is 1. The summed E-state index contributed by atoms with van der Waals surface area (Å²) >= 11 is 6.14. The molecule has 1 atom stereocenters. The second-order valence-corrected chi connectivity index (χ2v) is 7.32. The third-order valence-electron chi connectivity index (χ3n) is 4.73. The molecule has 0 aliphatic rings. The largest absolute Gasteiger partial charge is 0.494 e. The summed E-state index contributed by atoms with van der Waals surface area (Å²) in [5.41, 5.74) is 4.81. The average molecular weight is 394 g/mol. The average Bonchev–Trinajstić information content (AvgIpc) is 2.65. The number of ketones is 1. The topological polar surface area (TPSA) is 39.2 Å². The van der Waals surface area contributed by atoms with Gasteiger partial charge in [0.1, 0.15) is 11.5 Å². The number of halogens is 1. The molecule has 0 bridgehead atoms. The summed E-state index contributed by atoms with van der Waals surface area (Å²) in [5, 5.41) is 0.670. The molecule has 0 aliphatic heterocycles. The van der Waals surface area contributed by atoms with Crippen LogP contribution in [0.2, 0.25) is 5.02 Å². The summed E-state index contributed by atoms with van der Waals surface area (Å²) in [6.45, 7) is 6.49. The minimum atomic E-state index is -0.360. The summed E-state index contributed by atoms with van der Waals surface area (Å²) in [5.74, 6) is 0.580. The minimum absolute atomic E-state index is 0.139. The summed E-state index contributed by atoms with van der Waals surface area (Å²) in [6.07, 6.45) is 2.10. The number of hydrogen-bond acceptors (Lipinski definition) is 3. The van der Waals surface area contributed by atoms with Gasteiger partial charge in [-0.15, -0.1) is 0 Å². The lowest BCUT2D eigenvalue weighted by molar-refractivity contribution is -0.119. The van der Waals surface area contributed by atoms with E-state index in [1.54, 1.807) is 6.20 Å². The SMILES string of the molecule is CCOc1ccc(C(C(=O)Cc2ccnc(C)c2)c2ccc(Cl)cc2C)cc1. The van der Waals surface area contributed by atoms with Crippen molar-refractivity contribution < 1.29 is 9.53 Å². The van der Waals surface area contributed by atoms with Crippen molar-refractivity contribution in [2.24, 2.45) is 0 Å². The van der Waals surface area contributed by atoms with Crippen molar-refractivity contribution in [3.05, 3.63) is 93.8 Å². The van der Waals surface area contributed by atoms with E-state index in [4.69, 9.17) is 16.3 Å². The monoisotopic (exact) mass is 393 g/mol. The molecule has 0 aliphatic carbocycles. The highest BCUT2D eigenvalue weighted by Gasteiger charge is 2.24. The standard InChI is InChI=1S/C24H24ClNO2/c1-4-28-21-8-5-19(6-9-21)24(22-10-7-20(25)13-16(22)2)23(27)15-18-11-12-26-17(3)14-18/h5-14,24H,4,15H2,1-3H3. The molecule has 0 saturated carbocycles. The van der Waals surface area contributed by atoms with E-state index in [2.05, 4.69) is 4.98 Å². The molecule has 1 heterocycles. The third kappa shape index (κ3) is 4.79. The van der Waals surface area contributed by atoms with Crippen LogP contribution in [-0.4, -0.2) is 17.4 Å². The Morgan fingerprint density at radius 2 is 1.82 bits per heavy atom. The fourth-order valence-corrected chi connectivity index (χ4v) is 3.67. The number of Topliss-reactive ketones (excluding diaryl/α,β-unsaturated/α-hetero) is 1. The normalized spacial score (nSPS) is 11.9. The Hall–Kier alpha value is -2.65. The molecule has 3 aromatic rings. The highest BCUT2D eigenvalue weighted by Crippen LogP contribution is 2.32. The summed E-state index contributed by atoms with van der Waals surface area (Å²) in [6, 6.07) is 17.3. The molecular weight excluding hydrogens is 370 g/mol. The van der Waals surface area contributed by atoms with Gasteiger partial charge in [-0.25, -0.2) is 0 Å². The predicted molar refractivity (Wildman–Crippen MR) is 113 cm³/mol. The number of pyridine rings is 1. The van der Waals surface area contributed by atoms with Crippen molar-refractivity contribution in [3.63, 3.8) is 0 Å². The molecule has 0 radical (unpaired) electrons. The molecule has 1 aromatic heterocycles. The van der Waals surface area contributed by atoms with E-state index in [0.29, 0.717) is 18.1 Å². The minimum Gasteiger partial charge on any atom is -0.494 e. The molecule has 3 nitrogen and oxygen atoms in total. The van der Waals surface area contributed by atoms with Gasteiger partial charge in [0.05, 0.1) is 12.5 Å². The van der Waals surface area contributed by atoms with Gasteiger partial charge in [-0.1, -0.05) is 29.8 Å². The van der Waals surface area contributed by atoms with E-state index in [9.17, 15) is 4.79 Å². The van der Waals surface area contributed by atoms with E-state index in [1.165, 1.54) is 0 Å². The quantitative estimate of drug-likeness (QED) is 0.517. The van der Waals surface area contributed by atoms with Crippen LogP contribution in [0.5, 0.6) is 5.75 Å². The molecule has 2 aromatic carbocycles. The maximum Gasteiger partial charge on any atom is 0.149 e. The van der Waals surface area contributed by atoms with E-state index >= 15 is 0 Å². The third-order valence-corrected chi connectivity index (χ3v) is 4.96. The van der Waals surface area contributed by atoms with E-state index in [0.717, 1.165) is 33.7 Å². The van der Waals surface area contributed by atoms with Gasteiger partial charge < -0.3 is 4.74 Å². The van der Waals surface area contributed by atoms with Crippen LogP contribution >= 0.6 is 11.6 Å². The van der Waals surface area contributed by atoms with Crippen molar-refractivity contribution in [2.45, 2.75) is 33.1 Å². The van der Waals surface area contributed by atoms with Crippen LogP contribution in [0.15, 0.2) is 60.8 Å². The highest BCUT2D eigenvalue weighted by molar-refractivity contribution is 6.30. The molecule has 3 rings (SSSR count). The van der Waals surface area contributed by atoms with Gasteiger partial charge in [0, 0.05) is 23.3 Å². The van der Waals surface area contributed by atoms with Crippen LogP contribution in [-0.2, 0) is 11.2 Å². The Bertz CT molecular complexity index is 967. The van der Waals surface area contributed by atoms with E-state index in [-0.39, 0.29) is 11.7 Å². The number of aromatic nitrogens is 1. The molecular formula is C24H24ClNO2. The second-order valence-electron chi connectivity index (χ2n) is 6.88. The molecule has 1 unspecified atom stereocenters. The number of ether oxygens (including phenoxy) is 1. The number of carbonyl (C=O) groups excluding carboxylic acids is 1.